The summed E-state index contributed by atoms with van der Waals surface area (Å²) in [5, 5.41) is 0. The van der Waals surface area contributed by atoms with Crippen molar-refractivity contribution in [2.45, 2.75) is 41.5 Å². The highest BCUT2D eigenvalue weighted by Crippen LogP contribution is 2.57. The minimum atomic E-state index is -0.480. The highest BCUT2D eigenvalue weighted by molar-refractivity contribution is 6.05. The molecule has 0 spiro atoms. The van der Waals surface area contributed by atoms with Crippen molar-refractivity contribution >= 4 is 11.9 Å². The highest BCUT2D eigenvalue weighted by atomic mass is 16.5. The second-order valence-corrected chi connectivity index (χ2v) is 9.31. The monoisotopic (exact) mass is 416 g/mol. The molecule has 0 saturated heterocycles. The Morgan fingerprint density at radius 2 is 1.10 bits per heavy atom. The van der Waals surface area contributed by atoms with E-state index in [2.05, 4.69) is 13.8 Å². The van der Waals surface area contributed by atoms with Crippen LogP contribution in [0, 0.1) is 44.9 Å². The van der Waals surface area contributed by atoms with Gasteiger partial charge in [-0.25, -0.2) is 9.59 Å². The topological polar surface area (TPSA) is 52.6 Å². The smallest absolute Gasteiger partial charge is 0.340 e. The fraction of sp³-hybridized carbons (Fsp3) is 0.333. The number of fused-ring (bicyclic) bond motifs is 2. The number of hydrogen-bond acceptors (Lipinski definition) is 4. The fourth-order valence-corrected chi connectivity index (χ4v) is 4.60. The standard InChI is InChI=1S/C27H28O4/c1-15-7-9-17(3)21(13-15)30-25(28)23-19-11-12-20(27(19,5)6)24(23)26(29)31-22-14-16(2)8-10-18(22)4/h7-14,19-20H,1-6H3. The molecule has 0 aromatic heterocycles. The van der Waals surface area contributed by atoms with E-state index in [0.717, 1.165) is 22.3 Å². The summed E-state index contributed by atoms with van der Waals surface area (Å²) in [5.74, 6) is -0.292. The largest absolute Gasteiger partial charge is 0.423 e. The van der Waals surface area contributed by atoms with Gasteiger partial charge in [0, 0.05) is 11.8 Å². The lowest BCUT2D eigenvalue weighted by Gasteiger charge is -2.26. The first kappa shape index (κ1) is 21.1. The number of hydrogen-bond donors (Lipinski definition) is 0. The SMILES string of the molecule is Cc1ccc(C)c(OC(=O)C2=C(C(=O)Oc3cc(C)ccc3C)C3C=CC2C3(C)C)c1. The van der Waals surface area contributed by atoms with Crippen molar-refractivity contribution in [3.8, 4) is 11.5 Å². The zero-order valence-corrected chi connectivity index (χ0v) is 18.9. The van der Waals surface area contributed by atoms with Crippen molar-refractivity contribution in [3.05, 3.63) is 82.0 Å². The Morgan fingerprint density at radius 3 is 1.48 bits per heavy atom. The van der Waals surface area contributed by atoms with Crippen LogP contribution >= 0.6 is 0 Å². The first-order valence-electron chi connectivity index (χ1n) is 10.6. The molecule has 4 nitrogen and oxygen atoms in total. The number of aryl methyl sites for hydroxylation is 4. The molecule has 31 heavy (non-hydrogen) atoms. The Morgan fingerprint density at radius 1 is 0.710 bits per heavy atom. The number of ether oxygens (including phenoxy) is 2. The average molecular weight is 417 g/mol. The lowest BCUT2D eigenvalue weighted by molar-refractivity contribution is -0.133. The average Bonchev–Trinajstić information content (AvgIpc) is 3.12. The molecule has 0 amide bonds. The highest BCUT2D eigenvalue weighted by Gasteiger charge is 2.55. The third-order valence-corrected chi connectivity index (χ3v) is 6.54. The summed E-state index contributed by atoms with van der Waals surface area (Å²) >= 11 is 0. The van der Waals surface area contributed by atoms with Gasteiger partial charge >= 0.3 is 11.9 Å². The summed E-state index contributed by atoms with van der Waals surface area (Å²) in [5.41, 5.74) is 4.29. The van der Waals surface area contributed by atoms with Gasteiger partial charge in [-0.15, -0.1) is 0 Å². The Hall–Kier alpha value is -3.14. The minimum Gasteiger partial charge on any atom is -0.423 e. The molecule has 4 rings (SSSR count). The van der Waals surface area contributed by atoms with Crippen LogP contribution in [0.15, 0.2) is 59.7 Å². The molecule has 0 heterocycles. The predicted octanol–water partition coefficient (Wildman–Crippen LogP) is 5.57. The molecule has 0 saturated carbocycles. The summed E-state index contributed by atoms with van der Waals surface area (Å²) in [6.07, 6.45) is 4.03. The van der Waals surface area contributed by atoms with Crippen LogP contribution in [0.5, 0.6) is 11.5 Å². The summed E-state index contributed by atoms with van der Waals surface area (Å²) in [6, 6.07) is 11.5. The first-order chi connectivity index (χ1) is 14.6. The van der Waals surface area contributed by atoms with E-state index < -0.39 is 11.9 Å². The quantitative estimate of drug-likeness (QED) is 0.371. The van der Waals surface area contributed by atoms with E-state index in [1.165, 1.54) is 0 Å². The van der Waals surface area contributed by atoms with E-state index in [0.29, 0.717) is 22.6 Å². The van der Waals surface area contributed by atoms with Gasteiger partial charge in [-0.2, -0.15) is 0 Å². The number of carbonyl (C=O) groups excluding carboxylic acids is 2. The van der Waals surface area contributed by atoms with Crippen molar-refractivity contribution in [1.82, 2.24) is 0 Å². The van der Waals surface area contributed by atoms with Crippen molar-refractivity contribution in [3.63, 3.8) is 0 Å². The Balaban J connectivity index is 1.71. The van der Waals surface area contributed by atoms with E-state index >= 15 is 0 Å². The van der Waals surface area contributed by atoms with Gasteiger partial charge in [-0.3, -0.25) is 0 Å². The zero-order valence-electron chi connectivity index (χ0n) is 18.9. The molecule has 0 aliphatic heterocycles. The van der Waals surface area contributed by atoms with Gasteiger partial charge in [0.2, 0.25) is 0 Å². The second-order valence-electron chi connectivity index (χ2n) is 9.31. The van der Waals surface area contributed by atoms with Gasteiger partial charge in [0.25, 0.3) is 0 Å². The normalized spacial score (nSPS) is 20.8. The Bertz CT molecular complexity index is 1060. The molecule has 0 N–H and O–H groups in total. The second kappa shape index (κ2) is 7.52. The van der Waals surface area contributed by atoms with E-state index in [1.807, 2.05) is 76.2 Å². The van der Waals surface area contributed by atoms with Gasteiger partial charge < -0.3 is 9.47 Å². The molecule has 2 bridgehead atoms. The van der Waals surface area contributed by atoms with Crippen LogP contribution in [0.25, 0.3) is 0 Å². The number of rotatable bonds is 4. The van der Waals surface area contributed by atoms with Gasteiger partial charge in [0.15, 0.2) is 0 Å². The molecule has 2 aliphatic carbocycles. The summed E-state index contributed by atoms with van der Waals surface area (Å²) < 4.78 is 11.6. The van der Waals surface area contributed by atoms with E-state index in [1.54, 1.807) is 0 Å². The Labute approximate surface area is 183 Å². The van der Waals surface area contributed by atoms with Crippen molar-refractivity contribution < 1.29 is 19.1 Å². The van der Waals surface area contributed by atoms with Crippen LogP contribution in [0.2, 0.25) is 0 Å². The van der Waals surface area contributed by atoms with E-state index in [-0.39, 0.29) is 17.3 Å². The van der Waals surface area contributed by atoms with Gasteiger partial charge in [0.05, 0.1) is 11.1 Å². The van der Waals surface area contributed by atoms with Crippen molar-refractivity contribution in [2.75, 3.05) is 0 Å². The van der Waals surface area contributed by atoms with E-state index in [4.69, 9.17) is 9.47 Å². The molecule has 2 aromatic carbocycles. The molecule has 160 valence electrons. The molecular formula is C27H28O4. The van der Waals surface area contributed by atoms with Gasteiger partial charge in [-0.05, 0) is 67.5 Å². The summed E-state index contributed by atoms with van der Waals surface area (Å²) in [4.78, 5) is 26.6. The molecule has 0 radical (unpaired) electrons. The minimum absolute atomic E-state index is 0.184. The predicted molar refractivity (Wildman–Crippen MR) is 120 cm³/mol. The maximum atomic E-state index is 13.3. The van der Waals surface area contributed by atoms with Crippen molar-refractivity contribution in [2.24, 2.45) is 17.3 Å². The van der Waals surface area contributed by atoms with Crippen LogP contribution in [0.3, 0.4) is 0 Å². The molecular weight excluding hydrogens is 388 g/mol. The first-order valence-corrected chi connectivity index (χ1v) is 10.6. The molecule has 2 unspecified atom stereocenters. The maximum absolute atomic E-state index is 13.3. The van der Waals surface area contributed by atoms with Crippen LogP contribution in [-0.4, -0.2) is 11.9 Å². The molecule has 0 fully saturated rings. The maximum Gasteiger partial charge on any atom is 0.340 e. The third kappa shape index (κ3) is 3.60. The molecule has 2 aromatic rings. The zero-order chi connectivity index (χ0) is 22.5. The van der Waals surface area contributed by atoms with Gasteiger partial charge in [0.1, 0.15) is 11.5 Å². The Kier molecular flexibility index (Phi) is 5.12. The number of benzene rings is 2. The lowest BCUT2D eigenvalue weighted by Crippen LogP contribution is -2.24. The van der Waals surface area contributed by atoms with Crippen molar-refractivity contribution in [1.29, 1.82) is 0 Å². The molecule has 4 heteroatoms. The van der Waals surface area contributed by atoms with E-state index in [9.17, 15) is 9.59 Å². The van der Waals surface area contributed by atoms with Crippen LogP contribution in [0.4, 0.5) is 0 Å². The summed E-state index contributed by atoms with van der Waals surface area (Å²) in [7, 11) is 0. The van der Waals surface area contributed by atoms with Crippen LogP contribution in [-0.2, 0) is 9.59 Å². The number of allylic oxidation sites excluding steroid dienone is 2. The molecule has 2 aliphatic rings. The summed E-state index contributed by atoms with van der Waals surface area (Å²) in [6.45, 7) is 11.9. The fourth-order valence-electron chi connectivity index (χ4n) is 4.60. The van der Waals surface area contributed by atoms with Crippen LogP contribution < -0.4 is 9.47 Å². The van der Waals surface area contributed by atoms with Gasteiger partial charge in [-0.1, -0.05) is 50.3 Å². The third-order valence-electron chi connectivity index (χ3n) is 6.54. The van der Waals surface area contributed by atoms with Crippen LogP contribution in [0.1, 0.15) is 36.1 Å². The number of esters is 2. The lowest BCUT2D eigenvalue weighted by atomic mass is 9.77. The molecule has 2 atom stereocenters. The number of carbonyl (C=O) groups is 2.